The van der Waals surface area contributed by atoms with E-state index < -0.39 is 0 Å². The molecule has 1 aromatic rings. The summed E-state index contributed by atoms with van der Waals surface area (Å²) in [5.74, 6) is 0. The Morgan fingerprint density at radius 1 is 1.19 bits per heavy atom. The highest BCUT2D eigenvalue weighted by Crippen LogP contribution is 2.24. The largest absolute Gasteiger partial charge is 0.315 e. The zero-order valence-electron chi connectivity index (χ0n) is 13.7. The van der Waals surface area contributed by atoms with Crippen molar-refractivity contribution in [2.45, 2.75) is 37.8 Å². The second kappa shape index (κ2) is 6.47. The first-order valence-electron chi connectivity index (χ1n) is 8.34. The van der Waals surface area contributed by atoms with Crippen LogP contribution in [0, 0.1) is 0 Å². The molecule has 21 heavy (non-hydrogen) atoms. The van der Waals surface area contributed by atoms with Gasteiger partial charge in [0.05, 0.1) is 0 Å². The van der Waals surface area contributed by atoms with Gasteiger partial charge >= 0.3 is 0 Å². The van der Waals surface area contributed by atoms with Gasteiger partial charge in [0.25, 0.3) is 0 Å². The minimum absolute atomic E-state index is 0.525. The van der Waals surface area contributed by atoms with E-state index in [0.29, 0.717) is 12.1 Å². The number of nitrogens with zero attached hydrogens (tertiary/aromatic N) is 2. The molecule has 0 amide bonds. The van der Waals surface area contributed by atoms with Crippen LogP contribution >= 0.6 is 0 Å². The van der Waals surface area contributed by atoms with Crippen molar-refractivity contribution in [1.29, 1.82) is 0 Å². The zero-order chi connectivity index (χ0) is 14.8. The predicted molar refractivity (Wildman–Crippen MR) is 88.9 cm³/mol. The summed E-state index contributed by atoms with van der Waals surface area (Å²) in [7, 11) is 6.62. The smallest absolute Gasteiger partial charge is 0.0377 e. The van der Waals surface area contributed by atoms with Crippen molar-refractivity contribution in [3.05, 3.63) is 34.9 Å². The fourth-order valence-electron chi connectivity index (χ4n) is 3.92. The van der Waals surface area contributed by atoms with Gasteiger partial charge in [-0.25, -0.2) is 0 Å². The first kappa shape index (κ1) is 15.0. The molecule has 3 rings (SSSR count). The topological polar surface area (TPSA) is 18.5 Å². The molecule has 2 atom stereocenters. The van der Waals surface area contributed by atoms with Gasteiger partial charge in [-0.2, -0.15) is 0 Å². The molecule has 0 bridgehead atoms. The fourth-order valence-corrected chi connectivity index (χ4v) is 3.92. The Balaban J connectivity index is 1.71. The molecular formula is C18H29N3. The van der Waals surface area contributed by atoms with Crippen molar-refractivity contribution in [3.63, 3.8) is 0 Å². The highest BCUT2D eigenvalue weighted by molar-refractivity contribution is 5.35. The molecule has 1 aliphatic heterocycles. The lowest BCUT2D eigenvalue weighted by Crippen LogP contribution is -2.58. The molecule has 1 aromatic carbocycles. The summed E-state index contributed by atoms with van der Waals surface area (Å²) in [5.41, 5.74) is 4.67. The minimum Gasteiger partial charge on any atom is -0.315 e. The number of likely N-dealkylation sites (N-methyl/N-ethyl adjacent to an activating group) is 3. The molecule has 0 saturated carbocycles. The number of piperazine rings is 1. The van der Waals surface area contributed by atoms with Crippen LogP contribution in [0.5, 0.6) is 0 Å². The molecule has 1 aliphatic carbocycles. The van der Waals surface area contributed by atoms with Crippen LogP contribution in [0.1, 0.15) is 23.1 Å². The van der Waals surface area contributed by atoms with Crippen LogP contribution in [0.25, 0.3) is 0 Å². The molecule has 2 aliphatic rings. The molecular weight excluding hydrogens is 258 g/mol. The SMILES string of the molecule is CNC(Cc1ccc2c(c1)CCC2)C1CN(C)CCN1C. The average Bonchev–Trinajstić information content (AvgIpc) is 2.95. The van der Waals surface area contributed by atoms with Crippen molar-refractivity contribution in [2.24, 2.45) is 0 Å². The van der Waals surface area contributed by atoms with Gasteiger partial charge in [-0.3, -0.25) is 4.90 Å². The number of fused-ring (bicyclic) bond motifs is 1. The highest BCUT2D eigenvalue weighted by Gasteiger charge is 2.29. The lowest BCUT2D eigenvalue weighted by atomic mass is 9.95. The average molecular weight is 287 g/mol. The number of hydrogen-bond donors (Lipinski definition) is 1. The summed E-state index contributed by atoms with van der Waals surface area (Å²) < 4.78 is 0. The van der Waals surface area contributed by atoms with Crippen molar-refractivity contribution in [3.8, 4) is 0 Å². The second-order valence-corrected chi connectivity index (χ2v) is 6.87. The Morgan fingerprint density at radius 2 is 2.00 bits per heavy atom. The number of hydrogen-bond acceptors (Lipinski definition) is 3. The predicted octanol–water partition coefficient (Wildman–Crippen LogP) is 1.55. The number of benzene rings is 1. The molecule has 0 aromatic heterocycles. The lowest BCUT2D eigenvalue weighted by molar-refractivity contribution is 0.0897. The molecule has 3 nitrogen and oxygen atoms in total. The zero-order valence-corrected chi connectivity index (χ0v) is 13.7. The summed E-state index contributed by atoms with van der Waals surface area (Å²) in [5, 5.41) is 3.57. The van der Waals surface area contributed by atoms with Gasteiger partial charge in [0.1, 0.15) is 0 Å². The first-order valence-corrected chi connectivity index (χ1v) is 8.34. The highest BCUT2D eigenvalue weighted by atomic mass is 15.3. The third-order valence-electron chi connectivity index (χ3n) is 5.35. The summed E-state index contributed by atoms with van der Waals surface area (Å²) in [4.78, 5) is 4.98. The van der Waals surface area contributed by atoms with Gasteiger partial charge in [0.2, 0.25) is 0 Å². The number of rotatable bonds is 4. The Labute approximate surface area is 129 Å². The Bertz CT molecular complexity index is 485. The maximum Gasteiger partial charge on any atom is 0.0377 e. The quantitative estimate of drug-likeness (QED) is 0.906. The van der Waals surface area contributed by atoms with E-state index in [-0.39, 0.29) is 0 Å². The Morgan fingerprint density at radius 3 is 2.81 bits per heavy atom. The van der Waals surface area contributed by atoms with Gasteiger partial charge in [-0.15, -0.1) is 0 Å². The minimum atomic E-state index is 0.525. The van der Waals surface area contributed by atoms with Gasteiger partial charge in [-0.05, 0) is 63.5 Å². The molecule has 1 heterocycles. The third kappa shape index (κ3) is 3.31. The summed E-state index contributed by atoms with van der Waals surface area (Å²) >= 11 is 0. The van der Waals surface area contributed by atoms with Gasteiger partial charge in [0, 0.05) is 31.7 Å². The van der Waals surface area contributed by atoms with Crippen molar-refractivity contribution < 1.29 is 0 Å². The number of aryl methyl sites for hydroxylation is 2. The third-order valence-corrected chi connectivity index (χ3v) is 5.35. The molecule has 0 spiro atoms. The molecule has 0 radical (unpaired) electrons. The van der Waals surface area contributed by atoms with Crippen LogP contribution in [0.15, 0.2) is 18.2 Å². The van der Waals surface area contributed by atoms with Crippen LogP contribution in [-0.2, 0) is 19.3 Å². The van der Waals surface area contributed by atoms with Crippen LogP contribution in [-0.4, -0.2) is 62.7 Å². The Kier molecular flexibility index (Phi) is 4.63. The molecule has 3 heteroatoms. The van der Waals surface area contributed by atoms with E-state index in [4.69, 9.17) is 0 Å². The number of nitrogens with one attached hydrogen (secondary N) is 1. The van der Waals surface area contributed by atoms with Crippen LogP contribution in [0.3, 0.4) is 0 Å². The maximum absolute atomic E-state index is 3.57. The molecule has 2 unspecified atom stereocenters. The molecule has 1 fully saturated rings. The molecule has 1 N–H and O–H groups in total. The van der Waals surface area contributed by atoms with E-state index in [1.165, 1.54) is 37.9 Å². The van der Waals surface area contributed by atoms with E-state index >= 15 is 0 Å². The van der Waals surface area contributed by atoms with E-state index in [1.54, 1.807) is 11.1 Å². The lowest BCUT2D eigenvalue weighted by Gasteiger charge is -2.42. The van der Waals surface area contributed by atoms with E-state index in [2.05, 4.69) is 54.5 Å². The normalized spacial score (nSPS) is 25.0. The van der Waals surface area contributed by atoms with Crippen molar-refractivity contribution in [1.82, 2.24) is 15.1 Å². The van der Waals surface area contributed by atoms with Crippen LogP contribution < -0.4 is 5.32 Å². The molecule has 116 valence electrons. The van der Waals surface area contributed by atoms with Gasteiger partial charge < -0.3 is 10.2 Å². The van der Waals surface area contributed by atoms with E-state index in [0.717, 1.165) is 13.0 Å². The Hall–Kier alpha value is -0.900. The molecule has 1 saturated heterocycles. The standard InChI is InChI=1S/C18H29N3/c1-19-17(18-13-20(2)9-10-21(18)3)12-14-7-8-15-5-4-6-16(15)11-14/h7-8,11,17-19H,4-6,9-10,12-13H2,1-3H3. The van der Waals surface area contributed by atoms with Gasteiger partial charge in [-0.1, -0.05) is 18.2 Å². The summed E-state index contributed by atoms with van der Waals surface area (Å²) in [6.07, 6.45) is 5.03. The summed E-state index contributed by atoms with van der Waals surface area (Å²) in [6, 6.07) is 8.29. The van der Waals surface area contributed by atoms with Crippen molar-refractivity contribution >= 4 is 0 Å². The van der Waals surface area contributed by atoms with E-state index in [1.807, 2.05) is 0 Å². The van der Waals surface area contributed by atoms with Crippen molar-refractivity contribution in [2.75, 3.05) is 40.8 Å². The van der Waals surface area contributed by atoms with E-state index in [9.17, 15) is 0 Å². The first-order chi connectivity index (χ1) is 10.2. The van der Waals surface area contributed by atoms with Crippen LogP contribution in [0.2, 0.25) is 0 Å². The second-order valence-electron chi connectivity index (χ2n) is 6.87. The van der Waals surface area contributed by atoms with Gasteiger partial charge in [0.15, 0.2) is 0 Å². The maximum atomic E-state index is 3.57. The fraction of sp³-hybridized carbons (Fsp3) is 0.667. The monoisotopic (exact) mass is 287 g/mol. The van der Waals surface area contributed by atoms with Crippen LogP contribution in [0.4, 0.5) is 0 Å². The summed E-state index contributed by atoms with van der Waals surface area (Å²) in [6.45, 7) is 3.51.